The zero-order valence-electron chi connectivity index (χ0n) is 21.3. The first-order valence-electron chi connectivity index (χ1n) is 12.6. The number of hydrogen-bond donors (Lipinski definition) is 3. The van der Waals surface area contributed by atoms with E-state index in [0.29, 0.717) is 24.9 Å². The number of amides is 2. The van der Waals surface area contributed by atoms with Crippen molar-refractivity contribution in [2.24, 2.45) is 5.92 Å². The first-order valence-corrected chi connectivity index (χ1v) is 14.0. The van der Waals surface area contributed by atoms with Crippen molar-refractivity contribution in [1.82, 2.24) is 29.9 Å². The number of nitrogens with zero attached hydrogens (tertiary/aromatic N) is 4. The summed E-state index contributed by atoms with van der Waals surface area (Å²) in [6.45, 7) is 3.88. The van der Waals surface area contributed by atoms with E-state index in [9.17, 15) is 23.1 Å². The van der Waals surface area contributed by atoms with Gasteiger partial charge in [0, 0.05) is 30.9 Å². The van der Waals surface area contributed by atoms with E-state index in [-0.39, 0.29) is 29.7 Å². The zero-order chi connectivity index (χ0) is 27.3. The minimum Gasteiger partial charge on any atom is -0.390 e. The summed E-state index contributed by atoms with van der Waals surface area (Å²) >= 11 is 0. The van der Waals surface area contributed by atoms with Gasteiger partial charge in [-0.15, -0.1) is 0 Å². The van der Waals surface area contributed by atoms with Crippen LogP contribution in [0.1, 0.15) is 43.6 Å². The van der Waals surface area contributed by atoms with Crippen LogP contribution < -0.4 is 10.6 Å². The summed E-state index contributed by atoms with van der Waals surface area (Å²) in [5, 5.41) is 17.2. The molecule has 11 nitrogen and oxygen atoms in total. The molecule has 3 atom stereocenters. The van der Waals surface area contributed by atoms with Crippen LogP contribution in [0.3, 0.4) is 0 Å². The number of carbonyl (C=O) groups excluding carboxylic acids is 2. The third kappa shape index (κ3) is 6.50. The fourth-order valence-corrected chi connectivity index (χ4v) is 5.85. The van der Waals surface area contributed by atoms with Crippen molar-refractivity contribution >= 4 is 32.9 Å². The van der Waals surface area contributed by atoms with Gasteiger partial charge in [0.15, 0.2) is 10.7 Å². The Kier molecular flexibility index (Phi) is 8.65. The van der Waals surface area contributed by atoms with Crippen molar-refractivity contribution in [1.29, 1.82) is 0 Å². The number of nitrogens with one attached hydrogen (secondary N) is 2. The number of aliphatic hydroxyl groups is 1. The van der Waals surface area contributed by atoms with E-state index < -0.39 is 40.0 Å². The number of carbonyl (C=O) groups is 2. The summed E-state index contributed by atoms with van der Waals surface area (Å²) in [5.74, 6) is -0.862. The Morgan fingerprint density at radius 2 is 1.89 bits per heavy atom. The zero-order valence-corrected chi connectivity index (χ0v) is 22.1. The SMILES string of the molecule is CC(C)CC(NC(=O)c1ccc2cccnc2n1)C(=O)NC1CCCN(S(=O)(=O)c2ccccn2)C[C@@H]1O. The van der Waals surface area contributed by atoms with Crippen molar-refractivity contribution in [2.45, 2.75) is 56.3 Å². The largest absolute Gasteiger partial charge is 0.390 e. The van der Waals surface area contributed by atoms with E-state index in [4.69, 9.17) is 0 Å². The van der Waals surface area contributed by atoms with E-state index in [0.717, 1.165) is 5.39 Å². The van der Waals surface area contributed by atoms with Gasteiger partial charge in [-0.25, -0.2) is 23.4 Å². The monoisotopic (exact) mass is 540 g/mol. The second-order valence-electron chi connectivity index (χ2n) is 9.76. The molecule has 0 spiro atoms. The summed E-state index contributed by atoms with van der Waals surface area (Å²) in [6.07, 6.45) is 3.03. The highest BCUT2D eigenvalue weighted by molar-refractivity contribution is 7.89. The highest BCUT2D eigenvalue weighted by atomic mass is 32.2. The number of sulfonamides is 1. The highest BCUT2D eigenvalue weighted by Crippen LogP contribution is 2.20. The Morgan fingerprint density at radius 1 is 1.11 bits per heavy atom. The quantitative estimate of drug-likeness (QED) is 0.388. The van der Waals surface area contributed by atoms with Crippen LogP contribution in [0.5, 0.6) is 0 Å². The first kappa shape index (κ1) is 27.6. The lowest BCUT2D eigenvalue weighted by molar-refractivity contribution is -0.125. The summed E-state index contributed by atoms with van der Waals surface area (Å²) in [6, 6.07) is 10.0. The molecule has 3 aromatic heterocycles. The molecule has 1 aliphatic rings. The molecule has 38 heavy (non-hydrogen) atoms. The molecule has 202 valence electrons. The Bertz CT molecular complexity index is 1390. The van der Waals surface area contributed by atoms with Crippen molar-refractivity contribution in [3.8, 4) is 0 Å². The lowest BCUT2D eigenvalue weighted by Crippen LogP contribution is -2.54. The van der Waals surface area contributed by atoms with Crippen LogP contribution in [-0.2, 0) is 14.8 Å². The fraction of sp³-hybridized carbons (Fsp3) is 0.423. The molecule has 0 aromatic carbocycles. The molecule has 1 saturated heterocycles. The van der Waals surface area contributed by atoms with Gasteiger partial charge < -0.3 is 15.7 Å². The Morgan fingerprint density at radius 3 is 2.63 bits per heavy atom. The molecule has 1 aliphatic heterocycles. The van der Waals surface area contributed by atoms with Crippen LogP contribution in [-0.4, -0.2) is 75.9 Å². The van der Waals surface area contributed by atoms with E-state index in [1.165, 1.54) is 16.6 Å². The molecule has 12 heteroatoms. The second-order valence-corrected chi connectivity index (χ2v) is 11.6. The molecule has 3 N–H and O–H groups in total. The first-order chi connectivity index (χ1) is 18.1. The minimum atomic E-state index is -3.88. The molecular weight excluding hydrogens is 508 g/mol. The molecule has 0 radical (unpaired) electrons. The molecular formula is C26H32N6O5S. The summed E-state index contributed by atoms with van der Waals surface area (Å²) < 4.78 is 27.2. The molecule has 2 unspecified atom stereocenters. The standard InChI is InChI=1S/C26H32N6O5S/c1-17(2)15-21(31-25(34)20-11-10-18-7-5-13-28-24(18)29-20)26(35)30-19-8-6-14-32(16-22(19)33)38(36,37)23-9-3-4-12-27-23/h3-5,7,9-13,17,19,21-22,33H,6,8,14-16H2,1-2H3,(H,30,35)(H,31,34)/t19?,21?,22-/m0/s1. The lowest BCUT2D eigenvalue weighted by atomic mass is 10.0. The normalized spacial score (nSPS) is 19.6. The van der Waals surface area contributed by atoms with Crippen molar-refractivity contribution in [3.05, 3.63) is 60.6 Å². The Labute approximate surface area is 221 Å². The van der Waals surface area contributed by atoms with Gasteiger partial charge >= 0.3 is 0 Å². The molecule has 2 amide bonds. The number of rotatable bonds is 8. The van der Waals surface area contributed by atoms with Crippen LogP contribution in [0.15, 0.2) is 59.9 Å². The number of aromatic nitrogens is 3. The van der Waals surface area contributed by atoms with Gasteiger partial charge in [-0.3, -0.25) is 9.59 Å². The van der Waals surface area contributed by atoms with Gasteiger partial charge in [-0.05, 0) is 61.6 Å². The molecule has 4 heterocycles. The summed E-state index contributed by atoms with van der Waals surface area (Å²) in [4.78, 5) is 38.7. The predicted molar refractivity (Wildman–Crippen MR) is 140 cm³/mol. The third-order valence-electron chi connectivity index (χ3n) is 6.37. The van der Waals surface area contributed by atoms with Crippen LogP contribution in [0.2, 0.25) is 0 Å². The van der Waals surface area contributed by atoms with Gasteiger partial charge in [-0.1, -0.05) is 19.9 Å². The van der Waals surface area contributed by atoms with Crippen LogP contribution in [0.25, 0.3) is 11.0 Å². The van der Waals surface area contributed by atoms with Crippen molar-refractivity contribution in [3.63, 3.8) is 0 Å². The van der Waals surface area contributed by atoms with E-state index in [2.05, 4.69) is 25.6 Å². The Hall–Kier alpha value is -3.48. The van der Waals surface area contributed by atoms with E-state index >= 15 is 0 Å². The summed E-state index contributed by atoms with van der Waals surface area (Å²) in [7, 11) is -3.88. The molecule has 0 bridgehead atoms. The number of hydrogen-bond acceptors (Lipinski definition) is 8. The topological polar surface area (TPSA) is 154 Å². The Balaban J connectivity index is 1.44. The highest BCUT2D eigenvalue weighted by Gasteiger charge is 2.35. The molecule has 4 rings (SSSR count). The summed E-state index contributed by atoms with van der Waals surface area (Å²) in [5.41, 5.74) is 0.569. The van der Waals surface area contributed by atoms with Gasteiger partial charge in [0.05, 0.1) is 12.1 Å². The van der Waals surface area contributed by atoms with Crippen LogP contribution in [0.4, 0.5) is 0 Å². The van der Waals surface area contributed by atoms with Gasteiger partial charge in [0.2, 0.25) is 5.91 Å². The maximum atomic E-state index is 13.3. The minimum absolute atomic E-state index is 0.0908. The van der Waals surface area contributed by atoms with E-state index in [1.54, 1.807) is 36.5 Å². The van der Waals surface area contributed by atoms with Gasteiger partial charge in [-0.2, -0.15) is 4.31 Å². The average molecular weight is 541 g/mol. The number of pyridine rings is 3. The maximum absolute atomic E-state index is 13.3. The smallest absolute Gasteiger partial charge is 0.270 e. The average Bonchev–Trinajstić information content (AvgIpc) is 3.09. The number of aliphatic hydroxyl groups excluding tert-OH is 1. The molecule has 0 saturated carbocycles. The van der Waals surface area contributed by atoms with Crippen molar-refractivity contribution in [2.75, 3.05) is 13.1 Å². The fourth-order valence-electron chi connectivity index (χ4n) is 4.42. The van der Waals surface area contributed by atoms with E-state index in [1.807, 2.05) is 19.9 Å². The van der Waals surface area contributed by atoms with Gasteiger partial charge in [0.25, 0.3) is 15.9 Å². The maximum Gasteiger partial charge on any atom is 0.270 e. The third-order valence-corrected chi connectivity index (χ3v) is 8.15. The van der Waals surface area contributed by atoms with Crippen molar-refractivity contribution < 1.29 is 23.1 Å². The molecule has 1 fully saturated rings. The van der Waals surface area contributed by atoms with Crippen LogP contribution >= 0.6 is 0 Å². The molecule has 0 aliphatic carbocycles. The molecule has 3 aromatic rings. The second kappa shape index (κ2) is 11.9. The van der Waals surface area contributed by atoms with Crippen LogP contribution in [0, 0.1) is 5.92 Å². The number of fused-ring (bicyclic) bond motifs is 1. The van der Waals surface area contributed by atoms with Gasteiger partial charge in [0.1, 0.15) is 11.7 Å². The lowest BCUT2D eigenvalue weighted by Gasteiger charge is -2.27. The predicted octanol–water partition coefficient (Wildman–Crippen LogP) is 1.50. The number of β-amino-alcohol motifs (C(OH)–C–C–N with tert-alkyl or cyclic N) is 1.